The zero-order valence-corrected chi connectivity index (χ0v) is 15.6. The van der Waals surface area contributed by atoms with Gasteiger partial charge in [-0.15, -0.1) is 0 Å². The maximum absolute atomic E-state index is 12.1. The molecule has 4 rings (SSSR count). The molecule has 1 N–H and O–H groups in total. The number of thiophene rings is 1. The highest BCUT2D eigenvalue weighted by Crippen LogP contribution is 2.22. The summed E-state index contributed by atoms with van der Waals surface area (Å²) in [4.78, 5) is 23.1. The molecule has 0 unspecified atom stereocenters. The number of amides is 1. The molecule has 1 aromatic carbocycles. The van der Waals surface area contributed by atoms with Gasteiger partial charge in [-0.05, 0) is 17.0 Å². The number of alkyl carbamates (subject to hydrolysis) is 1. The Morgan fingerprint density at radius 3 is 2.78 bits per heavy atom. The predicted octanol–water partition coefficient (Wildman–Crippen LogP) is 3.32. The number of nitrogens with one attached hydrogen (secondary N) is 1. The molecule has 1 saturated heterocycles. The van der Waals surface area contributed by atoms with E-state index in [1.54, 1.807) is 23.7 Å². The van der Waals surface area contributed by atoms with Crippen molar-refractivity contribution in [2.24, 2.45) is 0 Å². The molecule has 1 amide bonds. The van der Waals surface area contributed by atoms with Gasteiger partial charge in [0.15, 0.2) is 0 Å². The SMILES string of the molecule is O=C(NCc1nccnc1-c1ccsc1)OC1CN(Cc2ccccc2)C1. The number of carbonyl (C=O) groups is 1. The van der Waals surface area contributed by atoms with E-state index >= 15 is 0 Å². The maximum Gasteiger partial charge on any atom is 0.407 e. The standard InChI is InChI=1S/C20H20N4O2S/c25-20(26-17-12-24(13-17)11-15-4-2-1-3-5-15)23-10-18-19(22-8-7-21-18)16-6-9-27-14-16/h1-9,14,17H,10-13H2,(H,23,25). The zero-order chi connectivity index (χ0) is 18.5. The molecule has 2 aromatic heterocycles. The minimum atomic E-state index is -0.415. The fourth-order valence-corrected chi connectivity index (χ4v) is 3.69. The van der Waals surface area contributed by atoms with Gasteiger partial charge in [0.2, 0.25) is 0 Å². The monoisotopic (exact) mass is 380 g/mol. The highest BCUT2D eigenvalue weighted by molar-refractivity contribution is 7.08. The quantitative estimate of drug-likeness (QED) is 0.711. The van der Waals surface area contributed by atoms with Crippen LogP contribution in [0.5, 0.6) is 0 Å². The molecule has 0 saturated carbocycles. The largest absolute Gasteiger partial charge is 0.444 e. The lowest BCUT2D eigenvalue weighted by Crippen LogP contribution is -2.53. The van der Waals surface area contributed by atoms with Crippen LogP contribution in [0.1, 0.15) is 11.3 Å². The average molecular weight is 380 g/mol. The first-order chi connectivity index (χ1) is 13.3. The van der Waals surface area contributed by atoms with E-state index in [-0.39, 0.29) is 12.6 Å². The van der Waals surface area contributed by atoms with Gasteiger partial charge in [0.05, 0.1) is 17.9 Å². The molecule has 3 aromatic rings. The van der Waals surface area contributed by atoms with Crippen molar-refractivity contribution in [1.29, 1.82) is 0 Å². The summed E-state index contributed by atoms with van der Waals surface area (Å²) in [5.41, 5.74) is 3.79. The van der Waals surface area contributed by atoms with Crippen molar-refractivity contribution in [2.45, 2.75) is 19.2 Å². The molecule has 3 heterocycles. The van der Waals surface area contributed by atoms with Gasteiger partial charge in [0, 0.05) is 43.0 Å². The molecule has 0 radical (unpaired) electrons. The number of hydrogen-bond donors (Lipinski definition) is 1. The lowest BCUT2D eigenvalue weighted by Gasteiger charge is -2.38. The molecule has 0 aliphatic carbocycles. The highest BCUT2D eigenvalue weighted by atomic mass is 32.1. The Morgan fingerprint density at radius 2 is 2.00 bits per heavy atom. The van der Waals surface area contributed by atoms with Gasteiger partial charge in [0.1, 0.15) is 6.10 Å². The number of carbonyl (C=O) groups excluding carboxylic acids is 1. The molecule has 0 atom stereocenters. The number of hydrogen-bond acceptors (Lipinski definition) is 6. The van der Waals surface area contributed by atoms with Crippen LogP contribution in [0.25, 0.3) is 11.3 Å². The van der Waals surface area contributed by atoms with Crippen LogP contribution in [0.2, 0.25) is 0 Å². The Labute approximate surface area is 161 Å². The molecule has 7 heteroatoms. The topological polar surface area (TPSA) is 67.3 Å². The minimum absolute atomic E-state index is 0.0630. The van der Waals surface area contributed by atoms with Crippen LogP contribution in [0, 0.1) is 0 Å². The predicted molar refractivity (Wildman–Crippen MR) is 104 cm³/mol. The Morgan fingerprint density at radius 1 is 1.19 bits per heavy atom. The molecule has 27 heavy (non-hydrogen) atoms. The normalized spacial score (nSPS) is 14.5. The third kappa shape index (κ3) is 4.50. The highest BCUT2D eigenvalue weighted by Gasteiger charge is 2.29. The third-order valence-corrected chi connectivity index (χ3v) is 5.10. The molecule has 0 bridgehead atoms. The number of benzene rings is 1. The average Bonchev–Trinajstić information content (AvgIpc) is 3.20. The van der Waals surface area contributed by atoms with Crippen LogP contribution in [0.4, 0.5) is 4.79 Å². The van der Waals surface area contributed by atoms with E-state index in [0.717, 1.165) is 36.6 Å². The van der Waals surface area contributed by atoms with Gasteiger partial charge in [-0.1, -0.05) is 30.3 Å². The Hall–Kier alpha value is -2.77. The maximum atomic E-state index is 12.1. The Balaban J connectivity index is 1.24. The third-order valence-electron chi connectivity index (χ3n) is 4.42. The first-order valence-electron chi connectivity index (χ1n) is 8.81. The van der Waals surface area contributed by atoms with Crippen LogP contribution >= 0.6 is 11.3 Å². The van der Waals surface area contributed by atoms with Crippen LogP contribution in [0.3, 0.4) is 0 Å². The molecular formula is C20H20N4O2S. The van der Waals surface area contributed by atoms with Crippen molar-refractivity contribution >= 4 is 17.4 Å². The number of rotatable bonds is 6. The lowest BCUT2D eigenvalue weighted by atomic mass is 10.1. The number of ether oxygens (including phenoxy) is 1. The van der Waals surface area contributed by atoms with E-state index < -0.39 is 6.09 Å². The van der Waals surface area contributed by atoms with Crippen LogP contribution in [-0.4, -0.2) is 40.2 Å². The van der Waals surface area contributed by atoms with E-state index in [0.29, 0.717) is 0 Å². The summed E-state index contributed by atoms with van der Waals surface area (Å²) in [7, 11) is 0. The Kier molecular flexibility index (Phi) is 5.41. The van der Waals surface area contributed by atoms with Crippen molar-refractivity contribution in [3.05, 3.63) is 70.8 Å². The summed E-state index contributed by atoms with van der Waals surface area (Å²) in [5.74, 6) is 0. The molecule has 1 fully saturated rings. The van der Waals surface area contributed by atoms with E-state index in [2.05, 4.69) is 32.3 Å². The second-order valence-corrected chi connectivity index (χ2v) is 7.20. The number of aromatic nitrogens is 2. The summed E-state index contributed by atoms with van der Waals surface area (Å²) >= 11 is 1.60. The second-order valence-electron chi connectivity index (χ2n) is 6.42. The molecular weight excluding hydrogens is 360 g/mol. The van der Waals surface area contributed by atoms with Gasteiger partial charge in [0.25, 0.3) is 0 Å². The summed E-state index contributed by atoms with van der Waals surface area (Å²) in [6.07, 6.45) is 2.81. The fourth-order valence-electron chi connectivity index (χ4n) is 3.05. The molecule has 0 spiro atoms. The smallest absolute Gasteiger partial charge is 0.407 e. The van der Waals surface area contributed by atoms with Gasteiger partial charge >= 0.3 is 6.09 Å². The van der Waals surface area contributed by atoms with Crippen LogP contribution < -0.4 is 5.32 Å². The minimum Gasteiger partial charge on any atom is -0.444 e. The van der Waals surface area contributed by atoms with Crippen molar-refractivity contribution in [2.75, 3.05) is 13.1 Å². The molecule has 6 nitrogen and oxygen atoms in total. The summed E-state index contributed by atoms with van der Waals surface area (Å²) in [5, 5.41) is 6.79. The van der Waals surface area contributed by atoms with E-state index in [4.69, 9.17) is 4.74 Å². The summed E-state index contributed by atoms with van der Waals surface area (Å²) in [6.45, 7) is 2.69. The summed E-state index contributed by atoms with van der Waals surface area (Å²) < 4.78 is 5.47. The van der Waals surface area contributed by atoms with Gasteiger partial charge in [-0.2, -0.15) is 11.3 Å². The number of likely N-dealkylation sites (tertiary alicyclic amines) is 1. The van der Waals surface area contributed by atoms with Crippen molar-refractivity contribution in [3.8, 4) is 11.3 Å². The van der Waals surface area contributed by atoms with Crippen molar-refractivity contribution in [1.82, 2.24) is 20.2 Å². The molecule has 1 aliphatic heterocycles. The van der Waals surface area contributed by atoms with Crippen LogP contribution in [0.15, 0.2) is 59.6 Å². The number of nitrogens with zero attached hydrogens (tertiary/aromatic N) is 3. The lowest BCUT2D eigenvalue weighted by molar-refractivity contribution is -0.0173. The van der Waals surface area contributed by atoms with Gasteiger partial charge < -0.3 is 10.1 Å². The first kappa shape index (κ1) is 17.6. The second kappa shape index (κ2) is 8.28. The van der Waals surface area contributed by atoms with E-state index in [9.17, 15) is 4.79 Å². The Bertz CT molecular complexity index is 880. The molecule has 138 valence electrons. The van der Waals surface area contributed by atoms with E-state index in [1.165, 1.54) is 5.56 Å². The van der Waals surface area contributed by atoms with Gasteiger partial charge in [-0.3, -0.25) is 14.9 Å². The van der Waals surface area contributed by atoms with Gasteiger partial charge in [-0.25, -0.2) is 4.79 Å². The van der Waals surface area contributed by atoms with Crippen molar-refractivity contribution in [3.63, 3.8) is 0 Å². The summed E-state index contributed by atoms with van der Waals surface area (Å²) in [6, 6.07) is 12.3. The van der Waals surface area contributed by atoms with E-state index in [1.807, 2.05) is 35.0 Å². The van der Waals surface area contributed by atoms with Crippen molar-refractivity contribution < 1.29 is 9.53 Å². The first-order valence-corrected chi connectivity index (χ1v) is 9.75. The zero-order valence-electron chi connectivity index (χ0n) is 14.7. The fraction of sp³-hybridized carbons (Fsp3) is 0.250. The molecule has 1 aliphatic rings. The van der Waals surface area contributed by atoms with Crippen LogP contribution in [-0.2, 0) is 17.8 Å².